The Balaban J connectivity index is 1.84. The first-order valence-electron chi connectivity index (χ1n) is 10.3. The van der Waals surface area contributed by atoms with Crippen molar-refractivity contribution in [2.45, 2.75) is 40.2 Å². The van der Waals surface area contributed by atoms with Crippen LogP contribution in [0.15, 0.2) is 36.5 Å². The summed E-state index contributed by atoms with van der Waals surface area (Å²) in [5.74, 6) is 0.0336. The number of aryl methyl sites for hydroxylation is 1. The summed E-state index contributed by atoms with van der Waals surface area (Å²) >= 11 is 0. The van der Waals surface area contributed by atoms with Gasteiger partial charge in [0.15, 0.2) is 5.65 Å². The summed E-state index contributed by atoms with van der Waals surface area (Å²) < 4.78 is 1.89. The molecule has 2 N–H and O–H groups in total. The van der Waals surface area contributed by atoms with E-state index >= 15 is 0 Å². The van der Waals surface area contributed by atoms with Gasteiger partial charge in [0.05, 0.1) is 22.8 Å². The van der Waals surface area contributed by atoms with Crippen molar-refractivity contribution < 1.29 is 4.79 Å². The smallest absolute Gasteiger partial charge is 0.254 e. The molecular formula is C23H29N5O. The molecule has 2 aromatic heterocycles. The molecule has 1 atom stereocenters. The van der Waals surface area contributed by atoms with E-state index in [4.69, 9.17) is 10.7 Å². The summed E-state index contributed by atoms with van der Waals surface area (Å²) in [6, 6.07) is 10.3. The molecule has 1 aliphatic heterocycles. The lowest BCUT2D eigenvalue weighted by molar-refractivity contribution is 0.0779. The number of nitrogens with zero attached hydrogens (tertiary/aromatic N) is 4. The van der Waals surface area contributed by atoms with Crippen molar-refractivity contribution in [3.05, 3.63) is 47.7 Å². The van der Waals surface area contributed by atoms with Gasteiger partial charge in [-0.25, -0.2) is 9.67 Å². The number of fused-ring (bicyclic) bond motifs is 1. The van der Waals surface area contributed by atoms with Crippen LogP contribution in [-0.4, -0.2) is 45.2 Å². The van der Waals surface area contributed by atoms with Crippen molar-refractivity contribution in [1.29, 1.82) is 0 Å². The van der Waals surface area contributed by atoms with E-state index in [2.05, 4.69) is 57.1 Å². The number of rotatable bonds is 4. The van der Waals surface area contributed by atoms with Crippen LogP contribution >= 0.6 is 0 Å². The van der Waals surface area contributed by atoms with E-state index < -0.39 is 0 Å². The number of aromatic nitrogens is 3. The lowest BCUT2D eigenvalue weighted by Crippen LogP contribution is -2.34. The molecule has 0 bridgehead atoms. The molecule has 0 aliphatic carbocycles. The van der Waals surface area contributed by atoms with Crippen LogP contribution < -0.4 is 5.73 Å². The third-order valence-corrected chi connectivity index (χ3v) is 5.97. The molecule has 1 aromatic carbocycles. The van der Waals surface area contributed by atoms with Crippen molar-refractivity contribution in [2.24, 2.45) is 11.1 Å². The highest BCUT2D eigenvalue weighted by atomic mass is 16.2. The molecule has 0 radical (unpaired) electrons. The molecule has 1 saturated heterocycles. The van der Waals surface area contributed by atoms with E-state index in [9.17, 15) is 4.79 Å². The van der Waals surface area contributed by atoms with Crippen molar-refractivity contribution in [2.75, 3.05) is 19.6 Å². The van der Waals surface area contributed by atoms with Gasteiger partial charge in [0.1, 0.15) is 0 Å². The van der Waals surface area contributed by atoms with Gasteiger partial charge in [0, 0.05) is 24.7 Å². The van der Waals surface area contributed by atoms with Gasteiger partial charge < -0.3 is 10.6 Å². The van der Waals surface area contributed by atoms with E-state index in [1.807, 2.05) is 15.6 Å². The molecule has 4 rings (SSSR count). The highest BCUT2D eigenvalue weighted by molar-refractivity contribution is 6.06. The molecule has 0 spiro atoms. The summed E-state index contributed by atoms with van der Waals surface area (Å²) in [4.78, 5) is 20.3. The first-order valence-corrected chi connectivity index (χ1v) is 10.3. The largest absolute Gasteiger partial charge is 0.338 e. The number of hydrogen-bond acceptors (Lipinski definition) is 4. The van der Waals surface area contributed by atoms with Gasteiger partial charge in [-0.3, -0.25) is 4.79 Å². The maximum absolute atomic E-state index is 13.5. The molecule has 6 nitrogen and oxygen atoms in total. The second-order valence-electron chi connectivity index (χ2n) is 8.83. The average Bonchev–Trinajstić information content (AvgIpc) is 3.32. The predicted molar refractivity (Wildman–Crippen MR) is 116 cm³/mol. The third-order valence-electron chi connectivity index (χ3n) is 5.97. The minimum Gasteiger partial charge on any atom is -0.338 e. The third kappa shape index (κ3) is 3.53. The van der Waals surface area contributed by atoms with Crippen LogP contribution in [0, 0.1) is 12.3 Å². The van der Waals surface area contributed by atoms with Crippen LogP contribution in [0.1, 0.15) is 49.2 Å². The molecule has 6 heteroatoms. The minimum absolute atomic E-state index is 0.0102. The Labute approximate surface area is 171 Å². The molecule has 0 saturated carbocycles. The summed E-state index contributed by atoms with van der Waals surface area (Å²) in [7, 11) is 0. The fourth-order valence-electron chi connectivity index (χ4n) is 3.98. The molecule has 1 unspecified atom stereocenters. The van der Waals surface area contributed by atoms with Gasteiger partial charge in [-0.05, 0) is 45.2 Å². The Morgan fingerprint density at radius 1 is 1.28 bits per heavy atom. The Morgan fingerprint density at radius 3 is 2.62 bits per heavy atom. The summed E-state index contributed by atoms with van der Waals surface area (Å²) in [6.07, 6.45) is 2.70. The maximum Gasteiger partial charge on any atom is 0.254 e. The van der Waals surface area contributed by atoms with Gasteiger partial charge in [0.25, 0.3) is 5.91 Å². The summed E-state index contributed by atoms with van der Waals surface area (Å²) in [5.41, 5.74) is 10.3. The molecule has 3 aromatic rings. The Hall–Kier alpha value is -2.73. The molecule has 1 fully saturated rings. The number of benzene rings is 1. The zero-order valence-electron chi connectivity index (χ0n) is 17.6. The van der Waals surface area contributed by atoms with E-state index in [0.717, 1.165) is 35.3 Å². The first-order chi connectivity index (χ1) is 13.8. The molecule has 3 heterocycles. The highest BCUT2D eigenvalue weighted by Gasteiger charge is 2.36. The number of nitrogens with two attached hydrogens (primary N) is 1. The van der Waals surface area contributed by atoms with Crippen molar-refractivity contribution in [3.8, 4) is 11.3 Å². The van der Waals surface area contributed by atoms with Gasteiger partial charge in [0.2, 0.25) is 0 Å². The second-order valence-corrected chi connectivity index (χ2v) is 8.83. The average molecular weight is 392 g/mol. The monoisotopic (exact) mass is 391 g/mol. The number of amides is 1. The molecule has 29 heavy (non-hydrogen) atoms. The molecular weight excluding hydrogens is 362 g/mol. The van der Waals surface area contributed by atoms with Gasteiger partial charge in [-0.2, -0.15) is 5.10 Å². The van der Waals surface area contributed by atoms with Crippen molar-refractivity contribution in [3.63, 3.8) is 0 Å². The fourth-order valence-corrected chi connectivity index (χ4v) is 3.98. The van der Waals surface area contributed by atoms with Crippen LogP contribution in [0.3, 0.4) is 0 Å². The molecule has 152 valence electrons. The van der Waals surface area contributed by atoms with Crippen LogP contribution in [0.5, 0.6) is 0 Å². The van der Waals surface area contributed by atoms with Crippen LogP contribution in [0.4, 0.5) is 0 Å². The van der Waals surface area contributed by atoms with Crippen molar-refractivity contribution in [1.82, 2.24) is 19.7 Å². The highest BCUT2D eigenvalue weighted by Crippen LogP contribution is 2.32. The van der Waals surface area contributed by atoms with E-state index in [0.29, 0.717) is 18.7 Å². The SMILES string of the molecule is Cc1ccc(-c2cc(C(=O)N3CCC(C)(CN)C3)c3cnn(C(C)C)c3n2)cc1. The lowest BCUT2D eigenvalue weighted by atomic mass is 9.90. The number of hydrogen-bond donors (Lipinski definition) is 1. The maximum atomic E-state index is 13.5. The van der Waals surface area contributed by atoms with Crippen molar-refractivity contribution >= 4 is 16.9 Å². The lowest BCUT2D eigenvalue weighted by Gasteiger charge is -2.23. The zero-order chi connectivity index (χ0) is 20.8. The quantitative estimate of drug-likeness (QED) is 0.734. The topological polar surface area (TPSA) is 77.0 Å². The zero-order valence-corrected chi connectivity index (χ0v) is 17.6. The summed E-state index contributed by atoms with van der Waals surface area (Å²) in [6.45, 7) is 10.4. The Morgan fingerprint density at radius 2 is 2.00 bits per heavy atom. The first kappa shape index (κ1) is 19.6. The standard InChI is InChI=1S/C23H29N5O/c1-15(2)28-21-19(12-25-28)18(22(29)27-10-9-23(4,13-24)14-27)11-20(26-21)17-7-5-16(3)6-8-17/h5-8,11-12,15H,9-10,13-14,24H2,1-4H3. The number of carbonyl (C=O) groups is 1. The van der Waals surface area contributed by atoms with E-state index in [1.54, 1.807) is 6.20 Å². The van der Waals surface area contributed by atoms with Crippen LogP contribution in [-0.2, 0) is 0 Å². The molecule has 1 aliphatic rings. The van der Waals surface area contributed by atoms with Gasteiger partial charge in [-0.15, -0.1) is 0 Å². The van der Waals surface area contributed by atoms with E-state index in [-0.39, 0.29) is 17.4 Å². The predicted octanol–water partition coefficient (Wildman–Crippen LogP) is 3.80. The van der Waals surface area contributed by atoms with E-state index in [1.165, 1.54) is 5.56 Å². The second kappa shape index (κ2) is 7.26. The normalized spacial score (nSPS) is 19.4. The number of pyridine rings is 1. The molecule has 1 amide bonds. The summed E-state index contributed by atoms with van der Waals surface area (Å²) in [5, 5.41) is 5.33. The van der Waals surface area contributed by atoms with Crippen LogP contribution in [0.25, 0.3) is 22.3 Å². The Bertz CT molecular complexity index is 1050. The number of carbonyl (C=O) groups excluding carboxylic acids is 1. The Kier molecular flexibility index (Phi) is 4.90. The van der Waals surface area contributed by atoms with Crippen LogP contribution in [0.2, 0.25) is 0 Å². The fraction of sp³-hybridized carbons (Fsp3) is 0.435. The number of likely N-dealkylation sites (tertiary alicyclic amines) is 1. The van der Waals surface area contributed by atoms with Gasteiger partial charge >= 0.3 is 0 Å². The van der Waals surface area contributed by atoms with Gasteiger partial charge in [-0.1, -0.05) is 36.8 Å². The minimum atomic E-state index is -0.0102.